The monoisotopic (exact) mass is 307 g/mol. The van der Waals surface area contributed by atoms with Crippen LogP contribution in [0, 0.1) is 10.1 Å². The maximum atomic E-state index is 11.0. The molecule has 0 fully saturated rings. The van der Waals surface area contributed by atoms with Crippen molar-refractivity contribution in [3.63, 3.8) is 0 Å². The molecule has 0 aliphatic heterocycles. The minimum absolute atomic E-state index is 0.281. The number of nitro groups is 1. The van der Waals surface area contributed by atoms with Crippen molar-refractivity contribution in [2.75, 3.05) is 0 Å². The molecule has 0 amide bonds. The highest BCUT2D eigenvalue weighted by molar-refractivity contribution is 5.48. The first-order valence-electron chi connectivity index (χ1n) is 8.29. The minimum atomic E-state index is -0.281. The van der Waals surface area contributed by atoms with Crippen LogP contribution in [0.3, 0.4) is 0 Å². The van der Waals surface area contributed by atoms with Crippen LogP contribution >= 0.6 is 0 Å². The molecule has 0 saturated carbocycles. The molecule has 0 atom stereocenters. The van der Waals surface area contributed by atoms with E-state index in [0.29, 0.717) is 12.8 Å². The number of carbonyl (C=O) groups is 1. The Morgan fingerprint density at radius 1 is 0.955 bits per heavy atom. The molecule has 0 aromatic rings. The quantitative estimate of drug-likeness (QED) is 0.142. The Hall–Kier alpha value is -1.71. The number of unbranched alkanes of at least 4 members (excludes halogenated alkanes) is 6. The predicted molar refractivity (Wildman–Crippen MR) is 91.3 cm³/mol. The molecule has 0 aromatic heterocycles. The highest BCUT2D eigenvalue weighted by atomic mass is 16.6. The lowest BCUT2D eigenvalue weighted by molar-refractivity contribution is -0.427. The van der Waals surface area contributed by atoms with Crippen molar-refractivity contribution in [2.45, 2.75) is 71.1 Å². The number of rotatable bonds is 14. The molecule has 0 unspecified atom stereocenters. The van der Waals surface area contributed by atoms with E-state index in [-0.39, 0.29) is 10.6 Å². The van der Waals surface area contributed by atoms with E-state index >= 15 is 0 Å². The standard InChI is InChI=1S/C18H29NO3/c1-2-3-4-5-9-12-15-18(19(21)22)16-13-10-7-6-8-11-14-17-20/h3-4,9,12,16-17H,2,5-8,10-11,13-15H2,1H3/b4-3+,12-9+,18-16-. The van der Waals surface area contributed by atoms with Crippen LogP contribution in [0.1, 0.15) is 71.1 Å². The zero-order valence-corrected chi connectivity index (χ0v) is 13.7. The van der Waals surface area contributed by atoms with Crippen LogP contribution in [0.2, 0.25) is 0 Å². The maximum Gasteiger partial charge on any atom is 0.246 e. The first-order valence-corrected chi connectivity index (χ1v) is 8.29. The number of allylic oxidation sites excluding steroid dienone is 5. The van der Waals surface area contributed by atoms with Crippen LogP contribution in [0.25, 0.3) is 0 Å². The fraction of sp³-hybridized carbons (Fsp3) is 0.611. The summed E-state index contributed by atoms with van der Waals surface area (Å²) in [5, 5.41) is 11.0. The lowest BCUT2D eigenvalue weighted by Gasteiger charge is -1.98. The number of hydrogen-bond donors (Lipinski definition) is 0. The van der Waals surface area contributed by atoms with Crippen molar-refractivity contribution in [2.24, 2.45) is 0 Å². The number of hydrogen-bond acceptors (Lipinski definition) is 3. The van der Waals surface area contributed by atoms with Gasteiger partial charge in [-0.05, 0) is 38.2 Å². The van der Waals surface area contributed by atoms with E-state index in [2.05, 4.69) is 19.1 Å². The first kappa shape index (κ1) is 20.3. The summed E-state index contributed by atoms with van der Waals surface area (Å²) in [4.78, 5) is 20.8. The van der Waals surface area contributed by atoms with Gasteiger partial charge in [-0.15, -0.1) is 0 Å². The van der Waals surface area contributed by atoms with Crippen LogP contribution in [0.15, 0.2) is 36.1 Å². The zero-order valence-electron chi connectivity index (χ0n) is 13.7. The molecular weight excluding hydrogens is 278 g/mol. The van der Waals surface area contributed by atoms with Crippen LogP contribution < -0.4 is 0 Å². The Labute approximate surface area is 134 Å². The summed E-state index contributed by atoms with van der Waals surface area (Å²) in [5.74, 6) is 0. The van der Waals surface area contributed by atoms with E-state index in [9.17, 15) is 14.9 Å². The summed E-state index contributed by atoms with van der Waals surface area (Å²) in [6.07, 6.45) is 19.5. The average molecular weight is 307 g/mol. The molecule has 0 heterocycles. The number of carbonyl (C=O) groups excluding carboxylic acids is 1. The molecular formula is C18H29NO3. The molecule has 0 saturated heterocycles. The van der Waals surface area contributed by atoms with Gasteiger partial charge in [0.15, 0.2) is 0 Å². The van der Waals surface area contributed by atoms with Crippen molar-refractivity contribution < 1.29 is 9.72 Å². The van der Waals surface area contributed by atoms with E-state index in [4.69, 9.17) is 0 Å². The molecule has 0 aromatic carbocycles. The zero-order chi connectivity index (χ0) is 16.5. The van der Waals surface area contributed by atoms with Gasteiger partial charge >= 0.3 is 0 Å². The summed E-state index contributed by atoms with van der Waals surface area (Å²) < 4.78 is 0. The number of aldehydes is 1. The second kappa shape index (κ2) is 15.7. The van der Waals surface area contributed by atoms with Gasteiger partial charge in [-0.2, -0.15) is 0 Å². The van der Waals surface area contributed by atoms with Crippen LogP contribution in [-0.2, 0) is 4.79 Å². The van der Waals surface area contributed by atoms with Gasteiger partial charge in [-0.1, -0.05) is 50.5 Å². The van der Waals surface area contributed by atoms with Gasteiger partial charge in [0.2, 0.25) is 5.70 Å². The molecule has 0 bridgehead atoms. The molecule has 0 aliphatic rings. The molecule has 0 N–H and O–H groups in total. The van der Waals surface area contributed by atoms with Crippen LogP contribution in [-0.4, -0.2) is 11.2 Å². The summed E-state index contributed by atoms with van der Waals surface area (Å²) in [6.45, 7) is 2.08. The third kappa shape index (κ3) is 13.3. The highest BCUT2D eigenvalue weighted by Gasteiger charge is 2.06. The number of nitrogens with zero attached hydrogens (tertiary/aromatic N) is 1. The van der Waals surface area contributed by atoms with Gasteiger partial charge in [0, 0.05) is 6.42 Å². The molecule has 0 radical (unpaired) electrons. The fourth-order valence-electron chi connectivity index (χ4n) is 2.05. The van der Waals surface area contributed by atoms with Crippen molar-refractivity contribution in [3.05, 3.63) is 46.2 Å². The van der Waals surface area contributed by atoms with E-state index in [1.54, 1.807) is 6.08 Å². The van der Waals surface area contributed by atoms with Gasteiger partial charge in [-0.25, -0.2) is 0 Å². The Balaban J connectivity index is 3.89. The lowest BCUT2D eigenvalue weighted by atomic mass is 10.1. The van der Waals surface area contributed by atoms with Crippen molar-refractivity contribution >= 4 is 6.29 Å². The largest absolute Gasteiger partial charge is 0.303 e. The third-order valence-electron chi connectivity index (χ3n) is 3.31. The fourth-order valence-corrected chi connectivity index (χ4v) is 2.05. The third-order valence-corrected chi connectivity index (χ3v) is 3.31. The topological polar surface area (TPSA) is 60.2 Å². The molecule has 4 nitrogen and oxygen atoms in total. The highest BCUT2D eigenvalue weighted by Crippen LogP contribution is 2.11. The first-order chi connectivity index (χ1) is 10.7. The predicted octanol–water partition coefficient (Wildman–Crippen LogP) is 5.38. The molecule has 22 heavy (non-hydrogen) atoms. The molecule has 4 heteroatoms. The van der Waals surface area contributed by atoms with Gasteiger partial charge in [-0.3, -0.25) is 10.1 Å². The summed E-state index contributed by atoms with van der Waals surface area (Å²) in [6, 6.07) is 0. The molecule has 124 valence electrons. The van der Waals surface area contributed by atoms with Gasteiger partial charge in [0.1, 0.15) is 6.29 Å². The second-order valence-electron chi connectivity index (χ2n) is 5.26. The molecule has 0 rings (SSSR count). The van der Waals surface area contributed by atoms with E-state index in [1.807, 2.05) is 12.2 Å². The second-order valence-corrected chi connectivity index (χ2v) is 5.26. The smallest absolute Gasteiger partial charge is 0.246 e. The van der Waals surface area contributed by atoms with Crippen molar-refractivity contribution in [3.8, 4) is 0 Å². The minimum Gasteiger partial charge on any atom is -0.303 e. The van der Waals surface area contributed by atoms with Gasteiger partial charge in [0.25, 0.3) is 0 Å². The van der Waals surface area contributed by atoms with E-state index in [0.717, 1.165) is 57.7 Å². The van der Waals surface area contributed by atoms with E-state index in [1.165, 1.54) is 0 Å². The van der Waals surface area contributed by atoms with Gasteiger partial charge in [0.05, 0.1) is 11.3 Å². The lowest BCUT2D eigenvalue weighted by Crippen LogP contribution is -1.97. The van der Waals surface area contributed by atoms with Crippen molar-refractivity contribution in [1.82, 2.24) is 0 Å². The molecule has 0 aliphatic carbocycles. The maximum absolute atomic E-state index is 11.0. The summed E-state index contributed by atoms with van der Waals surface area (Å²) in [7, 11) is 0. The summed E-state index contributed by atoms with van der Waals surface area (Å²) >= 11 is 0. The molecule has 0 spiro atoms. The van der Waals surface area contributed by atoms with E-state index < -0.39 is 0 Å². The van der Waals surface area contributed by atoms with Crippen LogP contribution in [0.4, 0.5) is 0 Å². The average Bonchev–Trinajstić information content (AvgIpc) is 2.50. The van der Waals surface area contributed by atoms with Crippen LogP contribution in [0.5, 0.6) is 0 Å². The normalized spacial score (nSPS) is 12.3. The Kier molecular flexibility index (Phi) is 14.5. The summed E-state index contributed by atoms with van der Waals surface area (Å²) in [5.41, 5.74) is 0.289. The van der Waals surface area contributed by atoms with Gasteiger partial charge < -0.3 is 4.79 Å². The Morgan fingerprint density at radius 3 is 2.23 bits per heavy atom. The SMILES string of the molecule is CC/C=C/C/C=C/C/C(=C/CCCCCCCC=O)[N+](=O)[O-]. The Bertz CT molecular complexity index is 384. The van der Waals surface area contributed by atoms with Crippen molar-refractivity contribution in [1.29, 1.82) is 0 Å². The Morgan fingerprint density at radius 2 is 1.59 bits per heavy atom.